The van der Waals surface area contributed by atoms with Crippen LogP contribution in [0.25, 0.3) is 0 Å². The Morgan fingerprint density at radius 1 is 1.59 bits per heavy atom. The molecule has 1 atom stereocenters. The van der Waals surface area contributed by atoms with Gasteiger partial charge in [-0.25, -0.2) is 0 Å². The number of hydrogen-bond donors (Lipinski definition) is 1. The van der Waals surface area contributed by atoms with Crippen molar-refractivity contribution in [1.82, 2.24) is 10.2 Å². The number of carbonyl (C=O) groups excluding carboxylic acids is 1. The maximum atomic E-state index is 11.8. The SMILES string of the molecule is COCCNCC(=O)N1CCCOC(C)C1.Cl. The van der Waals surface area contributed by atoms with Crippen molar-refractivity contribution < 1.29 is 14.3 Å². The number of amides is 1. The van der Waals surface area contributed by atoms with E-state index >= 15 is 0 Å². The third-order valence-electron chi connectivity index (χ3n) is 2.56. The van der Waals surface area contributed by atoms with Crippen LogP contribution in [0.3, 0.4) is 0 Å². The number of rotatable bonds is 5. The maximum Gasteiger partial charge on any atom is 0.236 e. The second kappa shape index (κ2) is 9.65. The summed E-state index contributed by atoms with van der Waals surface area (Å²) in [4.78, 5) is 13.7. The highest BCUT2D eigenvalue weighted by molar-refractivity contribution is 5.85. The van der Waals surface area contributed by atoms with Gasteiger partial charge < -0.3 is 19.7 Å². The van der Waals surface area contributed by atoms with Gasteiger partial charge in [0.1, 0.15) is 0 Å². The molecule has 1 fully saturated rings. The van der Waals surface area contributed by atoms with Crippen LogP contribution in [-0.2, 0) is 14.3 Å². The average molecular weight is 267 g/mol. The first-order chi connectivity index (χ1) is 7.74. The molecule has 0 saturated carbocycles. The van der Waals surface area contributed by atoms with Crippen LogP contribution in [0.1, 0.15) is 13.3 Å². The molecule has 1 heterocycles. The summed E-state index contributed by atoms with van der Waals surface area (Å²) in [7, 11) is 1.65. The normalized spacial score (nSPS) is 20.6. The molecular weight excluding hydrogens is 244 g/mol. The minimum Gasteiger partial charge on any atom is -0.383 e. The zero-order valence-corrected chi connectivity index (χ0v) is 11.4. The number of nitrogens with one attached hydrogen (secondary N) is 1. The predicted octanol–water partition coefficient (Wildman–Crippen LogP) is 0.282. The highest BCUT2D eigenvalue weighted by atomic mass is 35.5. The second-order valence-electron chi connectivity index (χ2n) is 4.04. The van der Waals surface area contributed by atoms with Gasteiger partial charge >= 0.3 is 0 Å². The van der Waals surface area contributed by atoms with Gasteiger partial charge in [0.25, 0.3) is 0 Å². The number of halogens is 1. The lowest BCUT2D eigenvalue weighted by molar-refractivity contribution is -0.130. The highest BCUT2D eigenvalue weighted by Crippen LogP contribution is 2.05. The first-order valence-electron chi connectivity index (χ1n) is 5.83. The van der Waals surface area contributed by atoms with Crippen LogP contribution in [0.4, 0.5) is 0 Å². The van der Waals surface area contributed by atoms with Crippen molar-refractivity contribution in [3.63, 3.8) is 0 Å². The molecule has 1 saturated heterocycles. The van der Waals surface area contributed by atoms with Gasteiger partial charge in [-0.3, -0.25) is 4.79 Å². The Morgan fingerprint density at radius 3 is 3.06 bits per heavy atom. The molecule has 1 amide bonds. The molecule has 0 aromatic heterocycles. The van der Waals surface area contributed by atoms with Crippen LogP contribution in [0.5, 0.6) is 0 Å². The lowest BCUT2D eigenvalue weighted by Gasteiger charge is -2.22. The average Bonchev–Trinajstić information content (AvgIpc) is 2.49. The van der Waals surface area contributed by atoms with E-state index in [1.807, 2.05) is 11.8 Å². The lowest BCUT2D eigenvalue weighted by atomic mass is 10.3. The molecule has 1 N–H and O–H groups in total. The molecule has 0 aliphatic carbocycles. The number of ether oxygens (including phenoxy) is 2. The van der Waals surface area contributed by atoms with Crippen LogP contribution in [-0.4, -0.2) is 63.4 Å². The molecule has 6 heteroatoms. The zero-order valence-electron chi connectivity index (χ0n) is 10.6. The van der Waals surface area contributed by atoms with Crippen molar-refractivity contribution in [2.45, 2.75) is 19.4 Å². The number of methoxy groups -OCH3 is 1. The summed E-state index contributed by atoms with van der Waals surface area (Å²) in [5, 5.41) is 3.06. The zero-order chi connectivity index (χ0) is 11.8. The largest absolute Gasteiger partial charge is 0.383 e. The van der Waals surface area contributed by atoms with Crippen molar-refractivity contribution in [3.8, 4) is 0 Å². The summed E-state index contributed by atoms with van der Waals surface area (Å²) in [6.45, 7) is 5.98. The minimum absolute atomic E-state index is 0. The van der Waals surface area contributed by atoms with Crippen molar-refractivity contribution in [3.05, 3.63) is 0 Å². The van der Waals surface area contributed by atoms with Crippen LogP contribution >= 0.6 is 12.4 Å². The topological polar surface area (TPSA) is 50.8 Å². The molecule has 0 aromatic carbocycles. The van der Waals surface area contributed by atoms with E-state index in [4.69, 9.17) is 9.47 Å². The van der Waals surface area contributed by atoms with Crippen LogP contribution in [0.2, 0.25) is 0 Å². The fraction of sp³-hybridized carbons (Fsp3) is 0.909. The molecule has 17 heavy (non-hydrogen) atoms. The van der Waals surface area contributed by atoms with Crippen LogP contribution in [0, 0.1) is 0 Å². The van der Waals surface area contributed by atoms with E-state index in [1.165, 1.54) is 0 Å². The van der Waals surface area contributed by atoms with Gasteiger partial charge in [-0.2, -0.15) is 0 Å². The highest BCUT2D eigenvalue weighted by Gasteiger charge is 2.18. The van der Waals surface area contributed by atoms with Gasteiger partial charge in [-0.05, 0) is 13.3 Å². The van der Waals surface area contributed by atoms with Crippen LogP contribution < -0.4 is 5.32 Å². The predicted molar refractivity (Wildman–Crippen MR) is 68.6 cm³/mol. The molecular formula is C11H23ClN2O3. The Labute approximate surface area is 109 Å². The fourth-order valence-corrected chi connectivity index (χ4v) is 1.70. The Morgan fingerprint density at radius 2 is 2.35 bits per heavy atom. The Bertz CT molecular complexity index is 217. The minimum atomic E-state index is 0. The van der Waals surface area contributed by atoms with E-state index in [1.54, 1.807) is 7.11 Å². The first-order valence-corrected chi connectivity index (χ1v) is 5.83. The molecule has 0 radical (unpaired) electrons. The monoisotopic (exact) mass is 266 g/mol. The van der Waals surface area contributed by atoms with Gasteiger partial charge in [-0.1, -0.05) is 0 Å². The maximum absolute atomic E-state index is 11.8. The standard InChI is InChI=1S/C11H22N2O3.ClH/c1-10-9-13(5-3-6-16-10)11(14)8-12-4-7-15-2;/h10,12H,3-9H2,1-2H3;1H. The third-order valence-corrected chi connectivity index (χ3v) is 2.56. The molecule has 1 aliphatic heterocycles. The lowest BCUT2D eigenvalue weighted by Crippen LogP contribution is -2.41. The van der Waals surface area contributed by atoms with E-state index in [0.717, 1.165) is 19.6 Å². The third kappa shape index (κ3) is 6.83. The molecule has 0 bridgehead atoms. The smallest absolute Gasteiger partial charge is 0.236 e. The van der Waals surface area contributed by atoms with Crippen molar-refractivity contribution in [1.29, 1.82) is 0 Å². The van der Waals surface area contributed by atoms with Gasteiger partial charge in [0.05, 0.1) is 19.3 Å². The van der Waals surface area contributed by atoms with Gasteiger partial charge in [0, 0.05) is 33.4 Å². The van der Waals surface area contributed by atoms with E-state index in [9.17, 15) is 4.79 Å². The van der Waals surface area contributed by atoms with E-state index in [0.29, 0.717) is 26.2 Å². The van der Waals surface area contributed by atoms with Crippen molar-refractivity contribution in [2.24, 2.45) is 0 Å². The Kier molecular flexibility index (Phi) is 9.44. The summed E-state index contributed by atoms with van der Waals surface area (Å²) in [5.74, 6) is 0.147. The molecule has 0 aromatic rings. The summed E-state index contributed by atoms with van der Waals surface area (Å²) < 4.78 is 10.4. The first kappa shape index (κ1) is 16.6. The molecule has 0 spiro atoms. The Hall–Kier alpha value is -0.360. The summed E-state index contributed by atoms with van der Waals surface area (Å²) in [6.07, 6.45) is 1.07. The van der Waals surface area contributed by atoms with Crippen molar-refractivity contribution >= 4 is 18.3 Å². The van der Waals surface area contributed by atoms with Crippen LogP contribution in [0.15, 0.2) is 0 Å². The quantitative estimate of drug-likeness (QED) is 0.727. The molecule has 1 rings (SSSR count). The number of hydrogen-bond acceptors (Lipinski definition) is 4. The summed E-state index contributed by atoms with van der Waals surface area (Å²) >= 11 is 0. The Balaban J connectivity index is 0.00000256. The van der Waals surface area contributed by atoms with Gasteiger partial charge in [-0.15, -0.1) is 12.4 Å². The molecule has 1 aliphatic rings. The van der Waals surface area contributed by atoms with E-state index in [2.05, 4.69) is 5.32 Å². The van der Waals surface area contributed by atoms with E-state index < -0.39 is 0 Å². The molecule has 5 nitrogen and oxygen atoms in total. The summed E-state index contributed by atoms with van der Waals surface area (Å²) in [5.41, 5.74) is 0. The fourth-order valence-electron chi connectivity index (χ4n) is 1.70. The molecule has 102 valence electrons. The number of nitrogens with zero attached hydrogens (tertiary/aromatic N) is 1. The van der Waals surface area contributed by atoms with Gasteiger partial charge in [0.15, 0.2) is 0 Å². The van der Waals surface area contributed by atoms with E-state index in [-0.39, 0.29) is 24.4 Å². The van der Waals surface area contributed by atoms with Gasteiger partial charge in [0.2, 0.25) is 5.91 Å². The second-order valence-corrected chi connectivity index (χ2v) is 4.04. The molecule has 1 unspecified atom stereocenters. The van der Waals surface area contributed by atoms with Crippen molar-refractivity contribution in [2.75, 3.05) is 46.5 Å². The number of carbonyl (C=O) groups is 1. The summed E-state index contributed by atoms with van der Waals surface area (Å²) in [6, 6.07) is 0.